The number of carbonyl (C=O) groups excluding carboxylic acids is 18. The van der Waals surface area contributed by atoms with Crippen molar-refractivity contribution < 1.29 is 105 Å². The molecule has 6 aliphatic rings. The zero-order chi connectivity index (χ0) is 104. The van der Waals surface area contributed by atoms with Gasteiger partial charge in [0.15, 0.2) is 34.7 Å². The van der Waals surface area contributed by atoms with Crippen molar-refractivity contribution in [3.8, 4) is 0 Å². The monoisotopic (exact) mass is 2120 g/mol. The Bertz CT molecular complexity index is 7640. The van der Waals surface area contributed by atoms with E-state index in [1.807, 2.05) is 12.1 Å². The Kier molecular flexibility index (Phi) is 30.2. The summed E-state index contributed by atoms with van der Waals surface area (Å²) in [5.41, 5.74) is 42.9. The molecule has 0 saturated heterocycles. The van der Waals surface area contributed by atoms with Crippen LogP contribution in [0.25, 0.3) is 0 Å². The highest BCUT2D eigenvalue weighted by molar-refractivity contribution is 9.11. The minimum absolute atomic E-state index is 0.0412. The fraction of sp³-hybridized carbons (Fsp3) is 0.118. The van der Waals surface area contributed by atoms with E-state index in [4.69, 9.17) is 34.4 Å². The second kappa shape index (κ2) is 42.0. The number of fused-ring (bicyclic) bond motifs is 6. The van der Waals surface area contributed by atoms with Crippen molar-refractivity contribution in [3.63, 3.8) is 0 Å². The van der Waals surface area contributed by atoms with Crippen LogP contribution in [0, 0.1) is 31.9 Å². The van der Waals surface area contributed by atoms with Crippen LogP contribution in [0.3, 0.4) is 0 Å². The van der Waals surface area contributed by atoms with Crippen LogP contribution in [0.2, 0.25) is 0 Å². The number of carbonyl (C=O) groups is 18. The van der Waals surface area contributed by atoms with E-state index in [0.717, 1.165) is 56.5 Å². The lowest BCUT2D eigenvalue weighted by molar-refractivity contribution is -0.385. The smallest absolute Gasteiger partial charge is 0.270 e. The van der Waals surface area contributed by atoms with Crippen LogP contribution in [-0.4, -0.2) is 187 Å². The first kappa shape index (κ1) is 103. The molecule has 36 nitrogen and oxygen atoms in total. The average molecular weight is 2130 g/mol. The molecule has 6 aliphatic heterocycles. The Hall–Kier alpha value is -17.6. The fourth-order valence-electron chi connectivity index (χ4n) is 16.1. The number of nitro benzene ring substituents is 2. The largest absolute Gasteiger partial charge is 0.398 e. The standard InChI is InChI=1S/3C17H13BrN2O3.C17H12F2N2O3.2C17H13N3O5/c1-20-16(22)12-6-9(7-13(19)15(12)17(20)23)8-14(21)10-2-4-11(18)5-3-10;1-20-16(22)12-5-9(6-13(19)15(12)17(20)23)7-14(21)10-3-2-4-11(18)8-10;1-20-16(22)11-6-9(7-13(19)15(11)17(20)23)8-14(21)10-4-2-3-5-12(10)18;1-21-16(23)9-5-8(6-12(20)14(9)17(21)24)7-13(22)15-10(18)3-2-4-11(15)19;1-19-16(22)12-6-9(7-13(18)15(12)17(19)23)8-14(21)10-2-4-11(5-3-10)20(24)25;1-19-16(22)12-5-9(6-13(18)15(12)17(19)23)7-14(21)10-3-2-4-11(8-10)20(24)25/h2-7H,8,19H2,1H3;2-6,8H,7,19H2,1H3;2-7H,8,19H2,1H3;2-6H,7,20H2,1H3;2-7H,8,18H2,1H3;2-6,8H,7,18H2,1H3. The van der Waals surface area contributed by atoms with E-state index in [-0.39, 0.29) is 185 Å². The number of nitrogen functional groups attached to an aromatic ring is 6. The van der Waals surface area contributed by atoms with Gasteiger partial charge < -0.3 is 34.4 Å². The summed E-state index contributed by atoms with van der Waals surface area (Å²) >= 11 is 10.00. The summed E-state index contributed by atoms with van der Waals surface area (Å²) in [5, 5.41) is 21.5. The number of hydrogen-bond acceptors (Lipinski definition) is 28. The number of halogens is 5. The third kappa shape index (κ3) is 21.4. The lowest BCUT2D eigenvalue weighted by Gasteiger charge is -2.07. The maximum Gasteiger partial charge on any atom is 0.270 e. The van der Waals surface area contributed by atoms with Gasteiger partial charge in [-0.05, 0) is 161 Å². The molecule has 12 aromatic carbocycles. The highest BCUT2D eigenvalue weighted by Crippen LogP contribution is 2.37. The summed E-state index contributed by atoms with van der Waals surface area (Å²) < 4.78 is 29.8. The normalized spacial score (nSPS) is 13.3. The molecule has 0 radical (unpaired) electrons. The third-order valence-electron chi connectivity index (χ3n) is 23.4. The zero-order valence-corrected chi connectivity index (χ0v) is 80.6. The highest BCUT2D eigenvalue weighted by Gasteiger charge is 2.42. The Balaban J connectivity index is 0.000000144. The van der Waals surface area contributed by atoms with E-state index in [0.29, 0.717) is 60.1 Å². The number of nitrogens with two attached hydrogens (primary N) is 6. The van der Waals surface area contributed by atoms with Gasteiger partial charge in [-0.2, -0.15) is 0 Å². The number of amides is 12. The summed E-state index contributed by atoms with van der Waals surface area (Å²) in [7, 11) is 8.29. The van der Waals surface area contributed by atoms with E-state index in [2.05, 4.69) is 47.8 Å². The van der Waals surface area contributed by atoms with Gasteiger partial charge >= 0.3 is 0 Å². The van der Waals surface area contributed by atoms with E-state index in [9.17, 15) is 115 Å². The molecule has 12 aromatic rings. The highest BCUT2D eigenvalue weighted by atomic mass is 79.9. The number of Topliss-reactive ketones (excluding diaryl/α,β-unsaturated/α-hetero) is 6. The zero-order valence-electron chi connectivity index (χ0n) is 75.9. The number of anilines is 6. The molecule has 0 atom stereocenters. The molecule has 0 aliphatic carbocycles. The lowest BCUT2D eigenvalue weighted by atomic mass is 9.97. The predicted molar refractivity (Wildman–Crippen MR) is 527 cm³/mol. The van der Waals surface area contributed by atoms with Crippen molar-refractivity contribution >= 4 is 199 Å². The van der Waals surface area contributed by atoms with Crippen molar-refractivity contribution in [2.75, 3.05) is 76.7 Å². The fourth-order valence-corrected chi connectivity index (χ4v) is 17.2. The minimum Gasteiger partial charge on any atom is -0.398 e. The molecule has 12 N–H and O–H groups in total. The van der Waals surface area contributed by atoms with Gasteiger partial charge in [0.2, 0.25) is 0 Å². The first-order valence-electron chi connectivity index (χ1n) is 42.4. The Morgan fingerprint density at radius 1 is 0.273 bits per heavy atom. The van der Waals surface area contributed by atoms with Crippen LogP contribution in [0.15, 0.2) is 226 Å². The van der Waals surface area contributed by atoms with Gasteiger partial charge in [-0.25, -0.2) is 8.78 Å². The maximum absolute atomic E-state index is 13.7. The maximum atomic E-state index is 13.7. The van der Waals surface area contributed by atoms with Crippen molar-refractivity contribution in [3.05, 3.63) is 391 Å². The van der Waals surface area contributed by atoms with Crippen LogP contribution in [0.4, 0.5) is 54.3 Å². The summed E-state index contributed by atoms with van der Waals surface area (Å²) in [4.78, 5) is 244. The van der Waals surface area contributed by atoms with Crippen LogP contribution in [0.5, 0.6) is 0 Å². The van der Waals surface area contributed by atoms with E-state index < -0.39 is 104 Å². The quantitative estimate of drug-likeness (QED) is 0.0136. The minimum atomic E-state index is -0.958. The Labute approximate surface area is 834 Å². The van der Waals surface area contributed by atoms with Crippen LogP contribution in [0.1, 0.15) is 220 Å². The molecule has 0 aromatic heterocycles. The molecule has 722 valence electrons. The summed E-state index contributed by atoms with van der Waals surface area (Å²) in [6.45, 7) is 0. The van der Waals surface area contributed by atoms with Gasteiger partial charge in [0.25, 0.3) is 82.3 Å². The molecule has 0 fully saturated rings. The Morgan fingerprint density at radius 3 is 0.825 bits per heavy atom. The number of imide groups is 6. The lowest BCUT2D eigenvalue weighted by Crippen LogP contribution is -2.24. The van der Waals surface area contributed by atoms with Gasteiger partial charge in [-0.1, -0.05) is 108 Å². The van der Waals surface area contributed by atoms with Crippen molar-refractivity contribution in [2.45, 2.75) is 38.5 Å². The molecule has 18 rings (SSSR count). The molecule has 41 heteroatoms. The molecule has 143 heavy (non-hydrogen) atoms. The first-order chi connectivity index (χ1) is 67.5. The number of hydrogen-bond donors (Lipinski definition) is 6. The van der Waals surface area contributed by atoms with Gasteiger partial charge in [-0.3, -0.25) is 136 Å². The molecule has 0 saturated carbocycles. The summed E-state index contributed by atoms with van der Waals surface area (Å²) in [6.07, 6.45) is -0.153. The van der Waals surface area contributed by atoms with Crippen molar-refractivity contribution in [1.29, 1.82) is 0 Å². The first-order valence-corrected chi connectivity index (χ1v) is 44.8. The third-order valence-corrected chi connectivity index (χ3v) is 25.1. The molecule has 12 amide bonds. The predicted octanol–water partition coefficient (Wildman–Crippen LogP) is 13.9. The van der Waals surface area contributed by atoms with E-state index in [1.165, 1.54) is 127 Å². The van der Waals surface area contributed by atoms with Gasteiger partial charge in [-0.15, -0.1) is 0 Å². The number of rotatable bonds is 20. The number of non-ortho nitro benzene ring substituents is 2. The van der Waals surface area contributed by atoms with Crippen LogP contribution < -0.4 is 34.4 Å². The van der Waals surface area contributed by atoms with Gasteiger partial charge in [0.05, 0.1) is 82.2 Å². The average Bonchev–Trinajstić information content (AvgIpc) is 1.64. The summed E-state index contributed by atoms with van der Waals surface area (Å²) in [5.74, 6) is -8.95. The van der Waals surface area contributed by atoms with Crippen LogP contribution >= 0.6 is 47.8 Å². The molecule has 0 unspecified atom stereocenters. The van der Waals surface area contributed by atoms with Crippen LogP contribution in [-0.2, 0) is 38.5 Å². The van der Waals surface area contributed by atoms with E-state index in [1.54, 1.807) is 97.1 Å². The molecule has 0 bridgehead atoms. The number of benzene rings is 12. The van der Waals surface area contributed by atoms with Crippen molar-refractivity contribution in [2.24, 2.45) is 0 Å². The SMILES string of the molecule is CN1C(=O)c2cc(CC(=O)c3c(F)cccc3F)cc(N)c2C1=O.CN1C(=O)c2cc(CC(=O)c3ccc(Br)cc3)cc(N)c2C1=O.CN1C(=O)c2cc(CC(=O)c3ccc([N+](=O)[O-])cc3)cc(N)c2C1=O.CN1C(=O)c2cc(CC(=O)c3cccc(Br)c3)cc(N)c2C1=O.CN1C(=O)c2cc(CC(=O)c3cccc([N+](=O)[O-])c3)cc(N)c2C1=O.CN1C(=O)c2cc(CC(=O)c3ccccc3Br)cc(N)c2C1=O. The molecule has 0 spiro atoms. The second-order valence-corrected chi connectivity index (χ2v) is 35.7. The second-order valence-electron chi connectivity index (χ2n) is 33.0. The summed E-state index contributed by atoms with van der Waals surface area (Å²) in [6, 6.07) is 53.2. The van der Waals surface area contributed by atoms with Crippen molar-refractivity contribution in [1.82, 2.24) is 29.4 Å². The molecular weight excluding hydrogens is 2050 g/mol. The number of ketones is 6. The molecular formula is C102H77Br3F2N14O22. The van der Waals surface area contributed by atoms with Gasteiger partial charge in [0, 0.05) is 180 Å². The van der Waals surface area contributed by atoms with Gasteiger partial charge in [0.1, 0.15) is 11.6 Å². The Morgan fingerprint density at radius 2 is 0.531 bits per heavy atom. The number of nitro groups is 2. The topological polar surface area (TPSA) is 569 Å². The van der Waals surface area contributed by atoms with E-state index >= 15 is 0 Å². The number of nitrogens with zero attached hydrogens (tertiary/aromatic N) is 8. The molecule has 6 heterocycles.